The normalized spacial score (nSPS) is 15.2. The monoisotopic (exact) mass is 316 g/mol. The maximum absolute atomic E-state index is 11.5. The summed E-state index contributed by atoms with van der Waals surface area (Å²) in [6, 6.07) is 0. The van der Waals surface area contributed by atoms with Crippen LogP contribution in [0.15, 0.2) is 23.9 Å². The highest BCUT2D eigenvalue weighted by Crippen LogP contribution is 2.03. The van der Waals surface area contributed by atoms with E-state index in [1.54, 1.807) is 0 Å². The van der Waals surface area contributed by atoms with E-state index in [0.717, 1.165) is 24.1 Å². The van der Waals surface area contributed by atoms with Crippen LogP contribution in [0.2, 0.25) is 0 Å². The van der Waals surface area contributed by atoms with Gasteiger partial charge < -0.3 is 26.8 Å². The van der Waals surface area contributed by atoms with E-state index < -0.39 is 0 Å². The third-order valence-electron chi connectivity index (χ3n) is 3.45. The van der Waals surface area contributed by atoms with Crippen LogP contribution >= 0.6 is 0 Å². The zero-order chi connectivity index (χ0) is 12.9. The average molecular weight is 317 g/mol. The third-order valence-corrected chi connectivity index (χ3v) is 3.45. The molecular weight excluding hydrogens is 296 g/mol. The highest BCUT2D eigenvalue weighted by Gasteiger charge is 2.17. The fourth-order valence-electron chi connectivity index (χ4n) is 1.65. The van der Waals surface area contributed by atoms with Crippen molar-refractivity contribution in [2.45, 2.75) is 13.8 Å². The van der Waals surface area contributed by atoms with Crippen LogP contribution in [0.5, 0.6) is 0 Å². The number of likely N-dealkylation sites (N-methyl/N-ethyl adjacent to an activating group) is 1. The summed E-state index contributed by atoms with van der Waals surface area (Å²) < 4.78 is 0.957. The summed E-state index contributed by atoms with van der Waals surface area (Å²) in [4.78, 5) is 22.6. The molecule has 0 aliphatic heterocycles. The van der Waals surface area contributed by atoms with Crippen LogP contribution in [0.4, 0.5) is 0 Å². The lowest BCUT2D eigenvalue weighted by Gasteiger charge is -2.32. The lowest BCUT2D eigenvalue weighted by Crippen LogP contribution is -3.00. The summed E-state index contributed by atoms with van der Waals surface area (Å²) in [7, 11) is 2.18. The molecule has 0 radical (unpaired) electrons. The number of ketones is 2. The Morgan fingerprint density at radius 3 is 2.33 bits per heavy atom. The average Bonchev–Trinajstić information content (AvgIpc) is 2.33. The minimum atomic E-state index is -0.129. The van der Waals surface area contributed by atoms with Gasteiger partial charge in [-0.25, -0.2) is 0 Å². The summed E-state index contributed by atoms with van der Waals surface area (Å²) in [5, 5.41) is 3.05. The van der Waals surface area contributed by atoms with Crippen molar-refractivity contribution in [3.63, 3.8) is 0 Å². The molecule has 0 heterocycles. The topological polar surface area (TPSA) is 46.2 Å². The number of hydrogen-bond donors (Lipinski definition) is 1. The Labute approximate surface area is 119 Å². The first-order valence-corrected chi connectivity index (χ1v) is 6.06. The van der Waals surface area contributed by atoms with Crippen LogP contribution < -0.4 is 22.3 Å². The lowest BCUT2D eigenvalue weighted by atomic mass is 10.1. The van der Waals surface area contributed by atoms with Crippen molar-refractivity contribution in [2.24, 2.45) is 0 Å². The quantitative estimate of drug-likeness (QED) is 0.441. The maximum Gasteiger partial charge on any atom is 0.201 e. The molecule has 0 fully saturated rings. The number of hydrogen-bond acceptors (Lipinski definition) is 3. The number of allylic oxidation sites excluding steroid dienone is 3. The second-order valence-electron chi connectivity index (χ2n) is 4.56. The molecule has 1 N–H and O–H groups in total. The van der Waals surface area contributed by atoms with Crippen LogP contribution in [0, 0.1) is 0 Å². The number of nitrogens with zero attached hydrogens (tertiary/aromatic N) is 1. The molecule has 102 valence electrons. The molecule has 0 aromatic carbocycles. The van der Waals surface area contributed by atoms with Crippen LogP contribution in [0.25, 0.3) is 0 Å². The molecule has 0 amide bonds. The summed E-state index contributed by atoms with van der Waals surface area (Å²) in [6.45, 7) is 8.07. The zero-order valence-corrected chi connectivity index (χ0v) is 12.8. The van der Waals surface area contributed by atoms with Crippen molar-refractivity contribution >= 4 is 11.6 Å². The maximum atomic E-state index is 11.5. The van der Waals surface area contributed by atoms with Gasteiger partial charge in [-0.15, -0.1) is 0 Å². The fourth-order valence-corrected chi connectivity index (χ4v) is 1.65. The highest BCUT2D eigenvalue weighted by atomic mass is 79.9. The van der Waals surface area contributed by atoms with E-state index in [1.165, 1.54) is 18.2 Å². The molecule has 0 aromatic heterocycles. The number of carbonyl (C=O) groups is 2. The molecule has 1 aliphatic carbocycles. The van der Waals surface area contributed by atoms with Crippen LogP contribution in [0.1, 0.15) is 13.8 Å². The van der Waals surface area contributed by atoms with Crippen molar-refractivity contribution in [2.75, 3.05) is 33.2 Å². The van der Waals surface area contributed by atoms with Gasteiger partial charge in [0.2, 0.25) is 5.78 Å². The van der Waals surface area contributed by atoms with Crippen molar-refractivity contribution in [3.8, 4) is 0 Å². The van der Waals surface area contributed by atoms with Gasteiger partial charge in [-0.2, -0.15) is 0 Å². The minimum absolute atomic E-state index is 0. The number of rotatable bonds is 6. The molecule has 0 spiro atoms. The molecule has 0 saturated heterocycles. The summed E-state index contributed by atoms with van der Waals surface area (Å²) >= 11 is 0. The Hall–Kier alpha value is -0.940. The molecule has 0 atom stereocenters. The van der Waals surface area contributed by atoms with Gasteiger partial charge in [0.15, 0.2) is 5.78 Å². The molecular formula is C13H21BrN2O2. The Morgan fingerprint density at radius 2 is 1.78 bits per heavy atom. The first-order valence-electron chi connectivity index (χ1n) is 6.06. The minimum Gasteiger partial charge on any atom is -1.00 e. The highest BCUT2D eigenvalue weighted by molar-refractivity contribution is 6.16. The number of carbonyl (C=O) groups excluding carboxylic acids is 2. The number of quaternary nitrogens is 1. The van der Waals surface area contributed by atoms with Gasteiger partial charge in [0.25, 0.3) is 0 Å². The second-order valence-corrected chi connectivity index (χ2v) is 4.56. The first kappa shape index (κ1) is 17.1. The van der Waals surface area contributed by atoms with E-state index in [0.29, 0.717) is 12.2 Å². The van der Waals surface area contributed by atoms with Crippen LogP contribution in [-0.2, 0) is 9.59 Å². The van der Waals surface area contributed by atoms with Crippen molar-refractivity contribution in [3.05, 3.63) is 23.9 Å². The summed E-state index contributed by atoms with van der Waals surface area (Å²) in [5.41, 5.74) is 0.413. The van der Waals surface area contributed by atoms with Crippen molar-refractivity contribution in [1.29, 1.82) is 0 Å². The molecule has 4 nitrogen and oxygen atoms in total. The first-order chi connectivity index (χ1) is 8.00. The molecule has 1 aliphatic rings. The largest absolute Gasteiger partial charge is 1.00 e. The SMILES string of the molecule is CC[N+](C)(CC)CCNC1=CC(=O)C=CC1=O.[Br-]. The Kier molecular flexibility index (Phi) is 7.09. The van der Waals surface area contributed by atoms with Gasteiger partial charge in [-0.05, 0) is 26.0 Å². The van der Waals surface area contributed by atoms with Crippen molar-refractivity contribution in [1.82, 2.24) is 5.32 Å². The van der Waals surface area contributed by atoms with E-state index in [-0.39, 0.29) is 28.5 Å². The molecule has 0 saturated carbocycles. The van der Waals surface area contributed by atoms with E-state index in [1.807, 2.05) is 0 Å². The van der Waals surface area contributed by atoms with Gasteiger partial charge in [-0.3, -0.25) is 9.59 Å². The lowest BCUT2D eigenvalue weighted by molar-refractivity contribution is -0.904. The molecule has 5 heteroatoms. The van der Waals surface area contributed by atoms with Gasteiger partial charge in [0.1, 0.15) is 0 Å². The predicted octanol–water partition coefficient (Wildman–Crippen LogP) is -2.34. The fraction of sp³-hybridized carbons (Fsp3) is 0.538. The molecule has 1 rings (SSSR count). The number of nitrogens with one attached hydrogen (secondary N) is 1. The standard InChI is InChI=1S/C13H20N2O2.BrH/c1-4-15(3,5-2)9-8-14-12-10-11(16)6-7-13(12)17;/h6-7,10H,4-5,8-9H2,1-3H3;1H. The van der Waals surface area contributed by atoms with Gasteiger partial charge in [0.05, 0.1) is 38.9 Å². The Morgan fingerprint density at radius 1 is 1.17 bits per heavy atom. The van der Waals surface area contributed by atoms with Crippen LogP contribution in [-0.4, -0.2) is 49.3 Å². The molecule has 18 heavy (non-hydrogen) atoms. The van der Waals surface area contributed by atoms with Gasteiger partial charge >= 0.3 is 0 Å². The predicted molar refractivity (Wildman–Crippen MR) is 67.4 cm³/mol. The van der Waals surface area contributed by atoms with E-state index in [4.69, 9.17) is 0 Å². The van der Waals surface area contributed by atoms with Crippen molar-refractivity contribution < 1.29 is 31.1 Å². The second kappa shape index (κ2) is 7.48. The molecule has 0 bridgehead atoms. The van der Waals surface area contributed by atoms with E-state index in [9.17, 15) is 9.59 Å². The van der Waals surface area contributed by atoms with E-state index >= 15 is 0 Å². The van der Waals surface area contributed by atoms with E-state index in [2.05, 4.69) is 26.2 Å². The molecule has 0 aromatic rings. The molecule has 0 unspecified atom stereocenters. The van der Waals surface area contributed by atoms with Gasteiger partial charge in [-0.1, -0.05) is 0 Å². The Bertz CT molecular complexity index is 371. The summed E-state index contributed by atoms with van der Waals surface area (Å²) in [5.74, 6) is -0.248. The van der Waals surface area contributed by atoms with Crippen LogP contribution in [0.3, 0.4) is 0 Å². The number of halogens is 1. The summed E-state index contributed by atoms with van der Waals surface area (Å²) in [6.07, 6.45) is 3.98. The zero-order valence-electron chi connectivity index (χ0n) is 11.2. The van der Waals surface area contributed by atoms with Gasteiger partial charge in [0, 0.05) is 6.08 Å². The smallest absolute Gasteiger partial charge is 0.201 e. The third kappa shape index (κ3) is 4.74. The Balaban J connectivity index is 0.00000289.